The number of carbonyl (C=O) groups excluding carboxylic acids is 1. The summed E-state index contributed by atoms with van der Waals surface area (Å²) in [4.78, 5) is 24.4. The highest BCUT2D eigenvalue weighted by atomic mass is 32.2. The number of hydrogen-bond acceptors (Lipinski definition) is 5. The van der Waals surface area contributed by atoms with Crippen LogP contribution in [0.15, 0.2) is 0 Å². The van der Waals surface area contributed by atoms with Crippen molar-refractivity contribution >= 4 is 35.5 Å². The molecule has 0 spiro atoms. The van der Waals surface area contributed by atoms with Crippen LogP contribution in [0.1, 0.15) is 6.42 Å². The number of morpholine rings is 1. The van der Waals surface area contributed by atoms with Crippen molar-refractivity contribution in [3.8, 4) is 0 Å². The maximum atomic E-state index is 12.1. The van der Waals surface area contributed by atoms with Gasteiger partial charge in [0, 0.05) is 42.1 Å². The number of carboxylic acid groups (broad SMARTS) is 1. The number of thioether (sulfide) groups is 2. The van der Waals surface area contributed by atoms with Crippen LogP contribution in [-0.4, -0.2) is 76.9 Å². The second-order valence-electron chi connectivity index (χ2n) is 4.79. The van der Waals surface area contributed by atoms with Crippen molar-refractivity contribution in [1.29, 1.82) is 0 Å². The topological polar surface area (TPSA) is 78.9 Å². The third-order valence-electron chi connectivity index (χ3n) is 3.19. The van der Waals surface area contributed by atoms with E-state index in [1.165, 1.54) is 5.75 Å². The van der Waals surface area contributed by atoms with Crippen molar-refractivity contribution in [3.63, 3.8) is 0 Å². The normalized spacial score (nSPS) is 27.1. The molecule has 6 nitrogen and oxygen atoms in total. The summed E-state index contributed by atoms with van der Waals surface area (Å²) in [7, 11) is 0. The zero-order chi connectivity index (χ0) is 14.4. The Morgan fingerprint density at radius 3 is 2.95 bits per heavy atom. The average Bonchev–Trinajstić information content (AvgIpc) is 2.45. The summed E-state index contributed by atoms with van der Waals surface area (Å²) in [5.41, 5.74) is 0. The first-order valence-corrected chi connectivity index (χ1v) is 8.91. The molecule has 2 saturated heterocycles. The first kappa shape index (κ1) is 15.8. The lowest BCUT2D eigenvalue weighted by molar-refractivity contribution is -0.141. The van der Waals surface area contributed by atoms with Gasteiger partial charge in [-0.15, -0.1) is 0 Å². The number of ether oxygens (including phenoxy) is 1. The van der Waals surface area contributed by atoms with E-state index in [0.29, 0.717) is 31.5 Å². The van der Waals surface area contributed by atoms with E-state index in [9.17, 15) is 9.59 Å². The zero-order valence-corrected chi connectivity index (χ0v) is 12.9. The number of nitrogens with one attached hydrogen (secondary N) is 1. The van der Waals surface area contributed by atoms with Gasteiger partial charge in [-0.25, -0.2) is 4.79 Å². The number of carboxylic acids is 1. The van der Waals surface area contributed by atoms with Crippen LogP contribution in [0.2, 0.25) is 0 Å². The highest BCUT2D eigenvalue weighted by molar-refractivity contribution is 8.06. The molecule has 0 radical (unpaired) electrons. The summed E-state index contributed by atoms with van der Waals surface area (Å²) < 4.78 is 5.35. The van der Waals surface area contributed by atoms with Gasteiger partial charge in [0.2, 0.25) is 0 Å². The molecule has 8 heteroatoms. The summed E-state index contributed by atoms with van der Waals surface area (Å²) in [6.07, 6.45) is -0.453. The van der Waals surface area contributed by atoms with Gasteiger partial charge >= 0.3 is 12.0 Å². The number of carbonyl (C=O) groups is 2. The van der Waals surface area contributed by atoms with Crippen LogP contribution in [-0.2, 0) is 9.53 Å². The molecule has 2 amide bonds. The van der Waals surface area contributed by atoms with Crippen molar-refractivity contribution in [3.05, 3.63) is 0 Å². The molecule has 2 rings (SSSR count). The Morgan fingerprint density at radius 1 is 1.40 bits per heavy atom. The lowest BCUT2D eigenvalue weighted by atomic mass is 10.2. The van der Waals surface area contributed by atoms with Gasteiger partial charge in [0.25, 0.3) is 0 Å². The lowest BCUT2D eigenvalue weighted by Crippen LogP contribution is -2.51. The minimum absolute atomic E-state index is 0.0566. The summed E-state index contributed by atoms with van der Waals surface area (Å²) in [6.45, 7) is 1.95. The molecule has 2 atom stereocenters. The van der Waals surface area contributed by atoms with Gasteiger partial charge in [-0.2, -0.15) is 23.5 Å². The van der Waals surface area contributed by atoms with Crippen LogP contribution in [0.3, 0.4) is 0 Å². The quantitative estimate of drug-likeness (QED) is 0.795. The molecule has 0 bridgehead atoms. The lowest BCUT2D eigenvalue weighted by Gasteiger charge is -2.33. The molecule has 2 aliphatic rings. The smallest absolute Gasteiger partial charge is 0.317 e. The molecule has 114 valence electrons. The van der Waals surface area contributed by atoms with E-state index in [2.05, 4.69) is 5.32 Å². The van der Waals surface area contributed by atoms with Gasteiger partial charge in [-0.05, 0) is 0 Å². The van der Waals surface area contributed by atoms with E-state index < -0.39 is 12.1 Å². The Balaban J connectivity index is 1.72. The van der Waals surface area contributed by atoms with Crippen LogP contribution in [0.5, 0.6) is 0 Å². The Labute approximate surface area is 127 Å². The number of rotatable bonds is 4. The summed E-state index contributed by atoms with van der Waals surface area (Å²) in [5, 5.41) is 12.2. The molecule has 2 unspecified atom stereocenters. The summed E-state index contributed by atoms with van der Waals surface area (Å²) in [5.74, 6) is 2.52. The highest BCUT2D eigenvalue weighted by Crippen LogP contribution is 2.23. The monoisotopic (exact) mass is 320 g/mol. The van der Waals surface area contributed by atoms with Gasteiger partial charge in [0.05, 0.1) is 19.1 Å². The fourth-order valence-corrected chi connectivity index (χ4v) is 4.80. The molecule has 2 heterocycles. The van der Waals surface area contributed by atoms with Gasteiger partial charge in [-0.1, -0.05) is 0 Å². The third kappa shape index (κ3) is 5.06. The largest absolute Gasteiger partial charge is 0.481 e. The molecule has 0 aromatic carbocycles. The summed E-state index contributed by atoms with van der Waals surface area (Å²) in [6, 6.07) is -0.111. The van der Waals surface area contributed by atoms with E-state index in [1.54, 1.807) is 4.90 Å². The standard InChI is InChI=1S/C12H20N2O4S2/c15-11(16)5-9-7-14(1-2-18-9)12(17)13-6-10-8-19-3-4-20-10/h9-10H,1-8H2,(H,13,17)(H,15,16). The van der Waals surface area contributed by atoms with Crippen LogP contribution in [0.4, 0.5) is 4.79 Å². The molecular weight excluding hydrogens is 300 g/mol. The van der Waals surface area contributed by atoms with E-state index in [4.69, 9.17) is 9.84 Å². The van der Waals surface area contributed by atoms with Gasteiger partial charge in [-0.3, -0.25) is 4.79 Å². The highest BCUT2D eigenvalue weighted by Gasteiger charge is 2.26. The molecule has 0 aliphatic carbocycles. The van der Waals surface area contributed by atoms with Crippen LogP contribution < -0.4 is 5.32 Å². The Bertz CT molecular complexity index is 350. The van der Waals surface area contributed by atoms with E-state index in [-0.39, 0.29) is 12.5 Å². The number of aliphatic carboxylic acids is 1. The van der Waals surface area contributed by atoms with Crippen LogP contribution in [0.25, 0.3) is 0 Å². The Kier molecular flexibility index (Phi) is 6.31. The van der Waals surface area contributed by atoms with Crippen LogP contribution >= 0.6 is 23.5 Å². The minimum Gasteiger partial charge on any atom is -0.481 e. The molecule has 0 aromatic rings. The summed E-state index contributed by atoms with van der Waals surface area (Å²) >= 11 is 3.83. The van der Waals surface area contributed by atoms with Gasteiger partial charge in [0.15, 0.2) is 0 Å². The molecule has 2 N–H and O–H groups in total. The first-order chi connectivity index (χ1) is 9.65. The SMILES string of the molecule is O=C(O)CC1CN(C(=O)NCC2CSCCS2)CCO1. The van der Waals surface area contributed by atoms with Crippen molar-refractivity contribution in [2.24, 2.45) is 0 Å². The molecule has 2 fully saturated rings. The van der Waals surface area contributed by atoms with Gasteiger partial charge in [0.1, 0.15) is 0 Å². The van der Waals surface area contributed by atoms with E-state index in [0.717, 1.165) is 11.5 Å². The molecular formula is C12H20N2O4S2. The fourth-order valence-electron chi connectivity index (χ4n) is 2.19. The number of nitrogens with zero attached hydrogens (tertiary/aromatic N) is 1. The molecule has 0 saturated carbocycles. The average molecular weight is 320 g/mol. The minimum atomic E-state index is -0.895. The van der Waals surface area contributed by atoms with Crippen LogP contribution in [0, 0.1) is 0 Å². The maximum absolute atomic E-state index is 12.1. The number of hydrogen-bond donors (Lipinski definition) is 2. The van der Waals surface area contributed by atoms with E-state index in [1.807, 2.05) is 23.5 Å². The maximum Gasteiger partial charge on any atom is 0.317 e. The predicted octanol–water partition coefficient (Wildman–Crippen LogP) is 0.720. The molecule has 0 aromatic heterocycles. The fraction of sp³-hybridized carbons (Fsp3) is 0.833. The predicted molar refractivity (Wildman–Crippen MR) is 80.5 cm³/mol. The first-order valence-electron chi connectivity index (χ1n) is 6.70. The second kappa shape index (κ2) is 7.99. The number of amides is 2. The number of urea groups is 1. The third-order valence-corrected chi connectivity index (χ3v) is 6.04. The van der Waals surface area contributed by atoms with Crippen molar-refractivity contribution in [2.45, 2.75) is 17.8 Å². The van der Waals surface area contributed by atoms with E-state index >= 15 is 0 Å². The van der Waals surface area contributed by atoms with Gasteiger partial charge < -0.3 is 20.1 Å². The Morgan fingerprint density at radius 2 is 2.25 bits per heavy atom. The van der Waals surface area contributed by atoms with Crippen molar-refractivity contribution in [2.75, 3.05) is 43.5 Å². The zero-order valence-electron chi connectivity index (χ0n) is 11.2. The second-order valence-corrected chi connectivity index (χ2v) is 7.35. The molecule has 20 heavy (non-hydrogen) atoms. The van der Waals surface area contributed by atoms with Crippen molar-refractivity contribution in [1.82, 2.24) is 10.2 Å². The van der Waals surface area contributed by atoms with Crippen molar-refractivity contribution < 1.29 is 19.4 Å². The Hall–Kier alpha value is -0.600. The molecule has 2 aliphatic heterocycles.